The minimum Gasteiger partial charge on any atom is -0.298 e. The van der Waals surface area contributed by atoms with Crippen LogP contribution in [0.25, 0.3) is 0 Å². The summed E-state index contributed by atoms with van der Waals surface area (Å²) in [7, 11) is 0. The molecule has 4 fully saturated rings. The van der Waals surface area contributed by atoms with Crippen molar-refractivity contribution in [2.75, 3.05) is 5.75 Å². The van der Waals surface area contributed by atoms with Gasteiger partial charge in [-0.25, -0.2) is 9.89 Å². The summed E-state index contributed by atoms with van der Waals surface area (Å²) < 4.78 is 1.65. The van der Waals surface area contributed by atoms with E-state index in [0.29, 0.717) is 23.2 Å². The monoisotopic (exact) mass is 335 g/mol. The molecule has 0 radical (unpaired) electrons. The summed E-state index contributed by atoms with van der Waals surface area (Å²) in [6.45, 7) is 2.69. The molecule has 0 spiro atoms. The predicted octanol–water partition coefficient (Wildman–Crippen LogP) is 2.86. The van der Waals surface area contributed by atoms with Gasteiger partial charge in [-0.3, -0.25) is 9.36 Å². The number of aromatic amines is 1. The average Bonchev–Trinajstić information content (AvgIpc) is 2.85. The number of rotatable bonds is 6. The highest BCUT2D eigenvalue weighted by Gasteiger charge is 2.54. The van der Waals surface area contributed by atoms with Gasteiger partial charge in [0.2, 0.25) is 0 Å². The number of ketones is 1. The molecule has 4 aliphatic rings. The molecule has 4 aliphatic carbocycles. The van der Waals surface area contributed by atoms with E-state index in [-0.39, 0.29) is 11.1 Å². The van der Waals surface area contributed by atoms with Gasteiger partial charge in [-0.05, 0) is 62.7 Å². The zero-order valence-corrected chi connectivity index (χ0v) is 14.5. The molecule has 4 saturated carbocycles. The average molecular weight is 335 g/mol. The van der Waals surface area contributed by atoms with Gasteiger partial charge < -0.3 is 0 Å². The van der Waals surface area contributed by atoms with Crippen LogP contribution in [0.15, 0.2) is 9.95 Å². The molecule has 0 atom stereocenters. The number of hydrogen-bond donors (Lipinski definition) is 1. The fourth-order valence-corrected chi connectivity index (χ4v) is 6.58. The number of nitrogens with one attached hydrogen (secondary N) is 1. The highest BCUT2D eigenvalue weighted by molar-refractivity contribution is 7.99. The normalized spacial score (nSPS) is 34.9. The molecule has 126 valence electrons. The third-order valence-corrected chi connectivity index (χ3v) is 7.11. The van der Waals surface area contributed by atoms with Crippen molar-refractivity contribution in [2.24, 2.45) is 23.2 Å². The molecule has 0 amide bonds. The van der Waals surface area contributed by atoms with Crippen LogP contribution in [-0.4, -0.2) is 26.3 Å². The SMILES string of the molecule is CCCn1c(SCC(=O)C23CC4CC(CC(C4)C2)C3)n[nH]c1=O. The Morgan fingerprint density at radius 3 is 2.43 bits per heavy atom. The van der Waals surface area contributed by atoms with Gasteiger partial charge in [0.15, 0.2) is 5.16 Å². The van der Waals surface area contributed by atoms with Crippen molar-refractivity contribution in [2.45, 2.75) is 63.6 Å². The lowest BCUT2D eigenvalue weighted by Crippen LogP contribution is -2.50. The molecule has 0 aliphatic heterocycles. The van der Waals surface area contributed by atoms with E-state index in [1.165, 1.54) is 31.0 Å². The first-order chi connectivity index (χ1) is 11.1. The smallest absolute Gasteiger partial charge is 0.298 e. The van der Waals surface area contributed by atoms with E-state index in [0.717, 1.165) is 43.4 Å². The summed E-state index contributed by atoms with van der Waals surface area (Å²) in [4.78, 5) is 24.7. The Kier molecular flexibility index (Phi) is 3.90. The van der Waals surface area contributed by atoms with E-state index in [2.05, 4.69) is 10.2 Å². The highest BCUT2D eigenvalue weighted by atomic mass is 32.2. The summed E-state index contributed by atoms with van der Waals surface area (Å²) in [5.74, 6) is 3.23. The Balaban J connectivity index is 1.46. The lowest BCUT2D eigenvalue weighted by molar-refractivity contribution is -0.141. The minimum atomic E-state index is -0.170. The summed E-state index contributed by atoms with van der Waals surface area (Å²) in [6.07, 6.45) is 8.29. The van der Waals surface area contributed by atoms with E-state index >= 15 is 0 Å². The van der Waals surface area contributed by atoms with Crippen LogP contribution >= 0.6 is 11.8 Å². The molecule has 6 heteroatoms. The molecule has 5 rings (SSSR count). The molecule has 1 heterocycles. The van der Waals surface area contributed by atoms with Gasteiger partial charge in [0.25, 0.3) is 0 Å². The van der Waals surface area contributed by atoms with Crippen LogP contribution in [0.1, 0.15) is 51.9 Å². The fourth-order valence-electron chi connectivity index (χ4n) is 5.57. The van der Waals surface area contributed by atoms with E-state index < -0.39 is 0 Å². The third kappa shape index (κ3) is 2.69. The molecule has 1 aromatic rings. The number of nitrogens with zero attached hydrogens (tertiary/aromatic N) is 2. The molecule has 0 saturated heterocycles. The van der Waals surface area contributed by atoms with Gasteiger partial charge in [-0.1, -0.05) is 18.7 Å². The van der Waals surface area contributed by atoms with E-state index in [1.807, 2.05) is 6.92 Å². The lowest BCUT2D eigenvalue weighted by Gasteiger charge is -2.56. The number of Topliss-reactive ketones (excluding diaryl/α,β-unsaturated/α-hetero) is 1. The van der Waals surface area contributed by atoms with Gasteiger partial charge >= 0.3 is 5.69 Å². The van der Waals surface area contributed by atoms with Gasteiger partial charge in [0, 0.05) is 12.0 Å². The first kappa shape index (κ1) is 15.5. The van der Waals surface area contributed by atoms with Crippen LogP contribution in [0, 0.1) is 23.2 Å². The second-order valence-corrected chi connectivity index (χ2v) is 8.82. The lowest BCUT2D eigenvalue weighted by atomic mass is 9.48. The number of carbonyl (C=O) groups is 1. The molecule has 4 bridgehead atoms. The number of hydrogen-bond acceptors (Lipinski definition) is 4. The van der Waals surface area contributed by atoms with Crippen molar-refractivity contribution in [3.05, 3.63) is 10.5 Å². The largest absolute Gasteiger partial charge is 0.343 e. The summed E-state index contributed by atoms with van der Waals surface area (Å²) in [5.41, 5.74) is -0.217. The number of thioether (sulfide) groups is 1. The molecular formula is C17H25N3O2S. The summed E-state index contributed by atoms with van der Waals surface area (Å²) in [5, 5.41) is 7.26. The van der Waals surface area contributed by atoms with Crippen molar-refractivity contribution in [1.82, 2.24) is 14.8 Å². The molecule has 0 unspecified atom stereocenters. The van der Waals surface area contributed by atoms with Gasteiger partial charge in [-0.2, -0.15) is 0 Å². The van der Waals surface area contributed by atoms with Gasteiger partial charge in [0.1, 0.15) is 5.78 Å². The standard InChI is InChI=1S/C17H25N3O2S/c1-2-3-20-15(22)18-19-16(20)23-10-14(21)17-7-11-4-12(8-17)6-13(5-11)9-17/h11-13H,2-10H2,1H3,(H,18,22). The quantitative estimate of drug-likeness (QED) is 0.812. The Morgan fingerprint density at radius 2 is 1.87 bits per heavy atom. The van der Waals surface area contributed by atoms with Crippen LogP contribution in [0.5, 0.6) is 0 Å². The zero-order valence-electron chi connectivity index (χ0n) is 13.7. The van der Waals surface area contributed by atoms with E-state index in [1.54, 1.807) is 4.57 Å². The van der Waals surface area contributed by atoms with Crippen LogP contribution < -0.4 is 5.69 Å². The number of aromatic nitrogens is 3. The second kappa shape index (κ2) is 5.80. The van der Waals surface area contributed by atoms with Gasteiger partial charge in [0.05, 0.1) is 5.75 Å². The maximum Gasteiger partial charge on any atom is 0.343 e. The third-order valence-electron chi connectivity index (χ3n) is 6.13. The van der Waals surface area contributed by atoms with Crippen LogP contribution in [0.4, 0.5) is 0 Å². The zero-order chi connectivity index (χ0) is 16.0. The fraction of sp³-hybridized carbons (Fsp3) is 0.824. The van der Waals surface area contributed by atoms with E-state index in [9.17, 15) is 9.59 Å². The maximum absolute atomic E-state index is 13.0. The van der Waals surface area contributed by atoms with Crippen molar-refractivity contribution < 1.29 is 4.79 Å². The van der Waals surface area contributed by atoms with Crippen molar-refractivity contribution >= 4 is 17.5 Å². The summed E-state index contributed by atoms with van der Waals surface area (Å²) >= 11 is 1.44. The first-order valence-electron chi connectivity index (χ1n) is 8.91. The Labute approximate surface area is 140 Å². The summed E-state index contributed by atoms with van der Waals surface area (Å²) in [6, 6.07) is 0. The number of H-pyrrole nitrogens is 1. The minimum absolute atomic E-state index is 0.0477. The maximum atomic E-state index is 13.0. The second-order valence-electron chi connectivity index (χ2n) is 7.87. The van der Waals surface area contributed by atoms with Crippen LogP contribution in [-0.2, 0) is 11.3 Å². The molecule has 0 aromatic carbocycles. The first-order valence-corrected chi connectivity index (χ1v) is 9.89. The number of carbonyl (C=O) groups excluding carboxylic acids is 1. The molecule has 23 heavy (non-hydrogen) atoms. The molecule has 1 aromatic heterocycles. The highest BCUT2D eigenvalue weighted by Crippen LogP contribution is 2.60. The molecular weight excluding hydrogens is 310 g/mol. The van der Waals surface area contributed by atoms with Crippen LogP contribution in [0.2, 0.25) is 0 Å². The Bertz CT molecular complexity index is 628. The molecule has 5 nitrogen and oxygen atoms in total. The van der Waals surface area contributed by atoms with Crippen molar-refractivity contribution in [3.63, 3.8) is 0 Å². The Morgan fingerprint density at radius 1 is 1.26 bits per heavy atom. The van der Waals surface area contributed by atoms with E-state index in [4.69, 9.17) is 0 Å². The van der Waals surface area contributed by atoms with Crippen molar-refractivity contribution in [1.29, 1.82) is 0 Å². The topological polar surface area (TPSA) is 67.8 Å². The van der Waals surface area contributed by atoms with Crippen LogP contribution in [0.3, 0.4) is 0 Å². The van der Waals surface area contributed by atoms with Crippen molar-refractivity contribution in [3.8, 4) is 0 Å². The van der Waals surface area contributed by atoms with Gasteiger partial charge in [-0.15, -0.1) is 5.10 Å². The predicted molar refractivity (Wildman–Crippen MR) is 89.5 cm³/mol. The molecule has 1 N–H and O–H groups in total. The Hall–Kier alpha value is -1.04.